The minimum Gasteiger partial charge on any atom is -0.0804 e. The standard InChI is InChI=1S/C16H19Cl3/c1-2-3-12-4-6-13(7-5-12)14-8-10-15(11-9-14)16(17,18)19/h6,8-12H,2-5,7H2,1H3. The second-order valence-electron chi connectivity index (χ2n) is 5.23. The number of allylic oxidation sites excluding steroid dienone is 2. The number of rotatable bonds is 3. The Morgan fingerprint density at radius 3 is 2.32 bits per heavy atom. The highest BCUT2D eigenvalue weighted by molar-refractivity contribution is 6.66. The van der Waals surface area contributed by atoms with Crippen LogP contribution in [-0.2, 0) is 3.79 Å². The van der Waals surface area contributed by atoms with Crippen LogP contribution in [0.5, 0.6) is 0 Å². The minimum atomic E-state index is -1.33. The molecule has 0 bridgehead atoms. The maximum absolute atomic E-state index is 5.87. The van der Waals surface area contributed by atoms with E-state index in [0.717, 1.165) is 17.9 Å². The van der Waals surface area contributed by atoms with Crippen LogP contribution in [0.15, 0.2) is 30.3 Å². The molecule has 2 rings (SSSR count). The molecule has 1 unspecified atom stereocenters. The monoisotopic (exact) mass is 316 g/mol. The van der Waals surface area contributed by atoms with E-state index in [1.165, 1.54) is 36.8 Å². The highest BCUT2D eigenvalue weighted by atomic mass is 35.6. The van der Waals surface area contributed by atoms with Crippen LogP contribution in [0, 0.1) is 5.92 Å². The van der Waals surface area contributed by atoms with E-state index in [0.29, 0.717) is 0 Å². The van der Waals surface area contributed by atoms with Crippen molar-refractivity contribution < 1.29 is 0 Å². The number of benzene rings is 1. The Labute approximate surface area is 130 Å². The zero-order chi connectivity index (χ0) is 13.9. The zero-order valence-electron chi connectivity index (χ0n) is 11.1. The normalized spacial score (nSPS) is 20.2. The molecule has 0 heterocycles. The van der Waals surface area contributed by atoms with Gasteiger partial charge in [-0.1, -0.05) is 84.9 Å². The third-order valence-corrected chi connectivity index (χ3v) is 4.45. The molecule has 0 N–H and O–H groups in total. The summed E-state index contributed by atoms with van der Waals surface area (Å²) in [4.78, 5) is 0. The van der Waals surface area contributed by atoms with Crippen molar-refractivity contribution >= 4 is 40.4 Å². The minimum absolute atomic E-state index is 0.724. The van der Waals surface area contributed by atoms with E-state index < -0.39 is 3.79 Å². The van der Waals surface area contributed by atoms with Gasteiger partial charge < -0.3 is 0 Å². The molecule has 0 spiro atoms. The summed E-state index contributed by atoms with van der Waals surface area (Å²) in [6.07, 6.45) is 8.68. The molecular formula is C16H19Cl3. The van der Waals surface area contributed by atoms with Crippen molar-refractivity contribution in [2.45, 2.75) is 42.8 Å². The van der Waals surface area contributed by atoms with Crippen molar-refractivity contribution in [1.82, 2.24) is 0 Å². The highest BCUT2D eigenvalue weighted by Gasteiger charge is 2.22. The van der Waals surface area contributed by atoms with Crippen LogP contribution >= 0.6 is 34.8 Å². The average molecular weight is 318 g/mol. The van der Waals surface area contributed by atoms with E-state index in [9.17, 15) is 0 Å². The van der Waals surface area contributed by atoms with E-state index in [4.69, 9.17) is 34.8 Å². The Hall–Kier alpha value is -0.170. The molecule has 1 aromatic carbocycles. The Morgan fingerprint density at radius 2 is 1.84 bits per heavy atom. The molecule has 0 radical (unpaired) electrons. The zero-order valence-corrected chi connectivity index (χ0v) is 13.4. The van der Waals surface area contributed by atoms with Crippen LogP contribution in [0.25, 0.3) is 5.57 Å². The first-order valence-corrected chi connectivity index (χ1v) is 8.00. The summed E-state index contributed by atoms with van der Waals surface area (Å²) in [5.74, 6) is 0.870. The first-order chi connectivity index (χ1) is 9.00. The summed E-state index contributed by atoms with van der Waals surface area (Å²) in [6.45, 7) is 2.26. The van der Waals surface area contributed by atoms with Gasteiger partial charge in [-0.3, -0.25) is 0 Å². The predicted octanol–water partition coefficient (Wildman–Crippen LogP) is 6.50. The molecule has 1 aromatic rings. The van der Waals surface area contributed by atoms with Gasteiger partial charge >= 0.3 is 0 Å². The number of hydrogen-bond acceptors (Lipinski definition) is 0. The van der Waals surface area contributed by atoms with Crippen LogP contribution in [0.1, 0.15) is 50.2 Å². The molecule has 0 amide bonds. The molecule has 3 heteroatoms. The summed E-state index contributed by atoms with van der Waals surface area (Å²) in [5, 5.41) is 0. The van der Waals surface area contributed by atoms with Gasteiger partial charge in [0, 0.05) is 5.56 Å². The lowest BCUT2D eigenvalue weighted by molar-refractivity contribution is 0.445. The number of hydrogen-bond donors (Lipinski definition) is 0. The lowest BCUT2D eigenvalue weighted by Gasteiger charge is -2.22. The molecule has 1 atom stereocenters. The predicted molar refractivity (Wildman–Crippen MR) is 85.9 cm³/mol. The van der Waals surface area contributed by atoms with E-state index in [-0.39, 0.29) is 0 Å². The molecule has 0 saturated carbocycles. The van der Waals surface area contributed by atoms with Gasteiger partial charge in [0.05, 0.1) is 0 Å². The first-order valence-electron chi connectivity index (χ1n) is 6.87. The number of halogens is 3. The van der Waals surface area contributed by atoms with Crippen LogP contribution in [0.3, 0.4) is 0 Å². The molecular weight excluding hydrogens is 299 g/mol. The fourth-order valence-corrected chi connectivity index (χ4v) is 3.07. The van der Waals surface area contributed by atoms with Crippen LogP contribution in [0.4, 0.5) is 0 Å². The van der Waals surface area contributed by atoms with E-state index in [2.05, 4.69) is 25.1 Å². The Morgan fingerprint density at radius 1 is 1.16 bits per heavy atom. The molecule has 0 aliphatic heterocycles. The molecule has 0 aromatic heterocycles. The molecule has 0 fully saturated rings. The second-order valence-corrected chi connectivity index (χ2v) is 7.51. The summed E-state index contributed by atoms with van der Waals surface area (Å²) in [7, 11) is 0. The van der Waals surface area contributed by atoms with Crippen LogP contribution < -0.4 is 0 Å². The fraction of sp³-hybridized carbons (Fsp3) is 0.500. The summed E-state index contributed by atoms with van der Waals surface area (Å²) in [6, 6.07) is 7.93. The maximum Gasteiger partial charge on any atom is 0.216 e. The fourth-order valence-electron chi connectivity index (χ4n) is 2.69. The quantitative estimate of drug-likeness (QED) is 0.558. The third kappa shape index (κ3) is 4.15. The van der Waals surface area contributed by atoms with Crippen molar-refractivity contribution in [3.63, 3.8) is 0 Å². The SMILES string of the molecule is CCCC1CC=C(c2ccc(C(Cl)(Cl)Cl)cc2)CC1. The van der Waals surface area contributed by atoms with Crippen molar-refractivity contribution in [3.8, 4) is 0 Å². The third-order valence-electron chi connectivity index (χ3n) is 3.80. The Balaban J connectivity index is 2.07. The largest absolute Gasteiger partial charge is 0.216 e. The van der Waals surface area contributed by atoms with Crippen molar-refractivity contribution in [2.24, 2.45) is 5.92 Å². The van der Waals surface area contributed by atoms with Gasteiger partial charge in [0.2, 0.25) is 3.79 Å². The molecule has 1 aliphatic rings. The molecule has 0 saturated heterocycles. The van der Waals surface area contributed by atoms with Crippen molar-refractivity contribution in [2.75, 3.05) is 0 Å². The van der Waals surface area contributed by atoms with Crippen LogP contribution in [-0.4, -0.2) is 0 Å². The lowest BCUT2D eigenvalue weighted by Crippen LogP contribution is -2.05. The van der Waals surface area contributed by atoms with Crippen molar-refractivity contribution in [3.05, 3.63) is 41.5 Å². The lowest BCUT2D eigenvalue weighted by atomic mass is 9.84. The molecule has 1 aliphatic carbocycles. The Bertz CT molecular complexity index is 440. The summed E-state index contributed by atoms with van der Waals surface area (Å²) in [5.41, 5.74) is 3.41. The highest BCUT2D eigenvalue weighted by Crippen LogP contribution is 2.39. The molecule has 19 heavy (non-hydrogen) atoms. The number of alkyl halides is 3. The van der Waals surface area contributed by atoms with Gasteiger partial charge in [-0.25, -0.2) is 0 Å². The van der Waals surface area contributed by atoms with Crippen molar-refractivity contribution in [1.29, 1.82) is 0 Å². The van der Waals surface area contributed by atoms with Gasteiger partial charge in [0.25, 0.3) is 0 Å². The summed E-state index contributed by atoms with van der Waals surface area (Å²) >= 11 is 17.6. The van der Waals surface area contributed by atoms with E-state index in [1.54, 1.807) is 0 Å². The molecule has 0 nitrogen and oxygen atoms in total. The topological polar surface area (TPSA) is 0 Å². The second kappa shape index (κ2) is 6.52. The average Bonchev–Trinajstić information content (AvgIpc) is 2.39. The maximum atomic E-state index is 5.87. The van der Waals surface area contributed by atoms with E-state index in [1.807, 2.05) is 12.1 Å². The van der Waals surface area contributed by atoms with Gasteiger partial charge in [-0.15, -0.1) is 0 Å². The smallest absolute Gasteiger partial charge is 0.0804 e. The van der Waals surface area contributed by atoms with Gasteiger partial charge in [-0.2, -0.15) is 0 Å². The first kappa shape index (κ1) is 15.2. The van der Waals surface area contributed by atoms with Gasteiger partial charge in [-0.05, 0) is 36.3 Å². The molecule has 104 valence electrons. The Kier molecular flexibility index (Phi) is 5.22. The summed E-state index contributed by atoms with van der Waals surface area (Å²) < 4.78 is -1.33. The van der Waals surface area contributed by atoms with Crippen LogP contribution in [0.2, 0.25) is 0 Å². The van der Waals surface area contributed by atoms with Gasteiger partial charge in [0.1, 0.15) is 0 Å². The van der Waals surface area contributed by atoms with Gasteiger partial charge in [0.15, 0.2) is 0 Å². The van der Waals surface area contributed by atoms with E-state index >= 15 is 0 Å².